The van der Waals surface area contributed by atoms with Gasteiger partial charge >= 0.3 is 6.03 Å². The Bertz CT molecular complexity index is 1090. The smallest absolute Gasteiger partial charge is 0.325 e. The van der Waals surface area contributed by atoms with E-state index in [1.54, 1.807) is 30.3 Å². The molecule has 1 aromatic carbocycles. The van der Waals surface area contributed by atoms with Crippen LogP contribution in [0.15, 0.2) is 30.3 Å². The molecule has 0 bridgehead atoms. The van der Waals surface area contributed by atoms with E-state index in [4.69, 9.17) is 0 Å². The number of benzene rings is 1. The fourth-order valence-corrected chi connectivity index (χ4v) is 6.04. The largest absolute Gasteiger partial charge is 0.644 e. The van der Waals surface area contributed by atoms with Gasteiger partial charge in [-0.1, -0.05) is 30.3 Å². The SMILES string of the molecule is [CH2-]C(=O)C1N2C(=O)C(NC(=O)C(NC(=O)N3CC[N-]C(=O)C3=O)c3ccccc3)C2SC1(C)C.[W].[Y]. The molecule has 3 fully saturated rings. The van der Waals surface area contributed by atoms with E-state index < -0.39 is 57.9 Å². The van der Waals surface area contributed by atoms with Gasteiger partial charge in [0, 0.05) is 70.8 Å². The van der Waals surface area contributed by atoms with Gasteiger partial charge in [0.25, 0.3) is 5.91 Å². The van der Waals surface area contributed by atoms with E-state index in [2.05, 4.69) is 22.9 Å². The Morgan fingerprint density at radius 1 is 1.17 bits per heavy atom. The maximum Gasteiger partial charge on any atom is 0.325 e. The van der Waals surface area contributed by atoms with Crippen LogP contribution in [0.4, 0.5) is 4.79 Å². The van der Waals surface area contributed by atoms with Crippen molar-refractivity contribution in [1.29, 1.82) is 0 Å². The third-order valence-electron chi connectivity index (χ3n) is 5.96. The number of urea groups is 1. The third kappa shape index (κ3) is 5.56. The minimum atomic E-state index is -1.23. The van der Waals surface area contributed by atoms with Gasteiger partial charge in [-0.25, -0.2) is 4.79 Å². The Morgan fingerprint density at radius 2 is 1.81 bits per heavy atom. The van der Waals surface area contributed by atoms with Crippen LogP contribution in [0.3, 0.4) is 0 Å². The van der Waals surface area contributed by atoms with Crippen molar-refractivity contribution in [3.63, 3.8) is 0 Å². The molecule has 14 heteroatoms. The van der Waals surface area contributed by atoms with Crippen LogP contribution in [-0.4, -0.2) is 80.5 Å². The minimum Gasteiger partial charge on any atom is -0.644 e. The zero-order valence-electron chi connectivity index (χ0n) is 19.5. The van der Waals surface area contributed by atoms with Crippen molar-refractivity contribution >= 4 is 47.2 Å². The van der Waals surface area contributed by atoms with Crippen LogP contribution in [0, 0.1) is 6.92 Å². The van der Waals surface area contributed by atoms with Crippen molar-refractivity contribution in [1.82, 2.24) is 20.4 Å². The number of amides is 6. The monoisotopic (exact) mass is 758 g/mol. The normalized spacial score (nSPS) is 24.7. The number of hydrogen-bond donors (Lipinski definition) is 2. The minimum absolute atomic E-state index is 0. The maximum absolute atomic E-state index is 13.2. The van der Waals surface area contributed by atoms with E-state index in [-0.39, 0.29) is 72.6 Å². The van der Waals surface area contributed by atoms with Crippen LogP contribution in [-0.2, 0) is 77.7 Å². The van der Waals surface area contributed by atoms with E-state index in [1.807, 2.05) is 13.8 Å². The number of thioether (sulfide) groups is 1. The summed E-state index contributed by atoms with van der Waals surface area (Å²) in [6.07, 6.45) is 0. The predicted octanol–water partition coefficient (Wildman–Crippen LogP) is 0.125. The van der Waals surface area contributed by atoms with E-state index >= 15 is 0 Å². The van der Waals surface area contributed by atoms with E-state index in [0.29, 0.717) is 10.5 Å². The molecule has 3 aliphatic rings. The Labute approximate surface area is 251 Å². The zero-order valence-corrected chi connectivity index (χ0v) is 26.1. The van der Waals surface area contributed by atoms with Crippen molar-refractivity contribution < 1.29 is 82.5 Å². The number of carbonyl (C=O) groups excluding carboxylic acids is 6. The molecule has 4 atom stereocenters. The van der Waals surface area contributed by atoms with Crippen LogP contribution in [0.25, 0.3) is 5.32 Å². The predicted molar refractivity (Wildman–Crippen MR) is 121 cm³/mol. The summed E-state index contributed by atoms with van der Waals surface area (Å²) in [5.74, 6) is -3.55. The summed E-state index contributed by atoms with van der Waals surface area (Å²) in [5.41, 5.74) is 0.419. The molecule has 0 spiro atoms. The van der Waals surface area contributed by atoms with E-state index in [1.165, 1.54) is 16.7 Å². The molecule has 6 amide bonds. The van der Waals surface area contributed by atoms with E-state index in [0.717, 1.165) is 0 Å². The van der Waals surface area contributed by atoms with Crippen LogP contribution < -0.4 is 10.6 Å². The molecule has 2 N–H and O–H groups in total. The van der Waals surface area contributed by atoms with Crippen LogP contribution in [0.1, 0.15) is 25.5 Å². The Kier molecular flexibility index (Phi) is 9.95. The second-order valence-electron chi connectivity index (χ2n) is 8.65. The molecule has 36 heavy (non-hydrogen) atoms. The number of β-lactam (4-membered cyclic amide) rings is 1. The number of carbonyl (C=O) groups is 6. The number of imide groups is 1. The first-order valence-electron chi connectivity index (χ1n) is 10.6. The van der Waals surface area contributed by atoms with Gasteiger partial charge in [0.1, 0.15) is 23.4 Å². The van der Waals surface area contributed by atoms with Crippen molar-refractivity contribution in [3.05, 3.63) is 48.1 Å². The van der Waals surface area contributed by atoms with Crippen molar-refractivity contribution in [2.24, 2.45) is 0 Å². The van der Waals surface area contributed by atoms with Crippen molar-refractivity contribution in [3.8, 4) is 0 Å². The van der Waals surface area contributed by atoms with Gasteiger partial charge in [0.15, 0.2) is 0 Å². The molecule has 4 rings (SSSR count). The number of ketones is 1. The molecule has 11 nitrogen and oxygen atoms in total. The van der Waals surface area contributed by atoms with Gasteiger partial charge < -0.3 is 37.4 Å². The molecule has 1 aromatic rings. The summed E-state index contributed by atoms with van der Waals surface area (Å²) >= 11 is 1.39. The quantitative estimate of drug-likeness (QED) is 0.247. The number of piperazine rings is 1. The van der Waals surface area contributed by atoms with Gasteiger partial charge in [-0.3, -0.25) is 19.3 Å². The van der Waals surface area contributed by atoms with Crippen LogP contribution in [0.5, 0.6) is 0 Å². The summed E-state index contributed by atoms with van der Waals surface area (Å²) in [6.45, 7) is 7.03. The van der Waals surface area contributed by atoms with Gasteiger partial charge in [-0.15, -0.1) is 18.3 Å². The first kappa shape index (κ1) is 30.5. The molecule has 189 valence electrons. The first-order chi connectivity index (χ1) is 16.0. The van der Waals surface area contributed by atoms with Crippen molar-refractivity contribution in [2.45, 2.75) is 42.1 Å². The summed E-state index contributed by atoms with van der Waals surface area (Å²) in [4.78, 5) is 76.6. The maximum atomic E-state index is 13.2. The molecular weight excluding hydrogens is 735 g/mol. The Morgan fingerprint density at radius 3 is 2.42 bits per heavy atom. The van der Waals surface area contributed by atoms with E-state index in [9.17, 15) is 28.8 Å². The summed E-state index contributed by atoms with van der Waals surface area (Å²) in [7, 11) is 0. The molecule has 3 heterocycles. The summed E-state index contributed by atoms with van der Waals surface area (Å²) in [6, 6.07) is 4.57. The number of rotatable bonds is 5. The fourth-order valence-electron chi connectivity index (χ4n) is 4.39. The Balaban J connectivity index is 0.00000228. The van der Waals surface area contributed by atoms with Gasteiger partial charge in [0.2, 0.25) is 11.8 Å². The standard InChI is InChI=1S/C22H24N5O6S.W.Y/c1-11(28)15-22(2,3)34-20-14(18(31)27(15)20)24-16(29)13(12-7-5-4-6-8-12)25-21(33)26-10-9-23-17(30)19(26)32;;/h4-8,13-15,20H,1,9-10H2,2-3H3,(H3,23,24,25,29,30,33);;/q-1;;/p-1. The second-order valence-corrected chi connectivity index (χ2v) is 10.4. The number of nitrogens with one attached hydrogen (secondary N) is 2. The number of hydrogen-bond acceptors (Lipinski definition) is 7. The summed E-state index contributed by atoms with van der Waals surface area (Å²) in [5, 5.41) is 8.20. The zero-order chi connectivity index (χ0) is 24.8. The molecule has 3 saturated heterocycles. The average molecular weight is 758 g/mol. The van der Waals surface area contributed by atoms with Crippen LogP contribution in [0.2, 0.25) is 0 Å². The average Bonchev–Trinajstić information content (AvgIpc) is 3.05. The van der Waals surface area contributed by atoms with Crippen LogP contribution >= 0.6 is 11.8 Å². The third-order valence-corrected chi connectivity index (χ3v) is 7.53. The topological polar surface area (TPSA) is 147 Å². The molecule has 0 aliphatic carbocycles. The molecule has 1 radical (unpaired) electrons. The number of fused-ring (bicyclic) bond motifs is 1. The van der Waals surface area contributed by atoms with Gasteiger partial charge in [-0.2, -0.15) is 0 Å². The first-order valence-corrected chi connectivity index (χ1v) is 11.5. The second kappa shape index (κ2) is 11.8. The fraction of sp³-hybridized carbons (Fsp3) is 0.409. The molecule has 0 aromatic heterocycles. The summed E-state index contributed by atoms with van der Waals surface area (Å²) < 4.78 is -0.572. The molecule has 4 unspecified atom stereocenters. The van der Waals surface area contributed by atoms with Gasteiger partial charge in [0.05, 0.1) is 6.04 Å². The van der Waals surface area contributed by atoms with Crippen molar-refractivity contribution in [2.75, 3.05) is 13.1 Å². The van der Waals surface area contributed by atoms with Gasteiger partial charge in [-0.05, 0) is 19.4 Å². The molecular formula is C22H23N5O6SWY-2. The number of nitrogens with zero attached hydrogens (tertiary/aromatic N) is 3. The molecule has 0 saturated carbocycles. The Hall–Kier alpha value is -1.75. The number of Topliss-reactive ketones (excluding diaryl/α,β-unsaturated/α-hetero) is 1. The molecule has 3 aliphatic heterocycles.